The SMILES string of the molecule is CCOc1ccccc1OC1CCN(CC(=O)Nc2c(C#N)cnn2-c2ccccc2)CC1. The third-order valence-electron chi connectivity index (χ3n) is 5.49. The number of amides is 1. The van der Waals surface area contributed by atoms with Gasteiger partial charge in [-0.3, -0.25) is 9.69 Å². The summed E-state index contributed by atoms with van der Waals surface area (Å²) in [5.41, 5.74) is 1.10. The summed E-state index contributed by atoms with van der Waals surface area (Å²) in [6.07, 6.45) is 3.18. The summed E-state index contributed by atoms with van der Waals surface area (Å²) in [7, 11) is 0. The molecular weight excluding hydrogens is 418 g/mol. The van der Waals surface area contributed by atoms with Gasteiger partial charge < -0.3 is 14.8 Å². The molecule has 3 aromatic rings. The lowest BCUT2D eigenvalue weighted by atomic mass is 10.1. The highest BCUT2D eigenvalue weighted by Gasteiger charge is 2.24. The number of carbonyl (C=O) groups excluding carboxylic acids is 1. The van der Waals surface area contributed by atoms with Crippen LogP contribution in [0.1, 0.15) is 25.3 Å². The predicted octanol–water partition coefficient (Wildman–Crippen LogP) is 3.62. The van der Waals surface area contributed by atoms with Gasteiger partial charge in [0, 0.05) is 13.1 Å². The van der Waals surface area contributed by atoms with Crippen LogP contribution in [0, 0.1) is 11.3 Å². The molecule has 0 atom stereocenters. The summed E-state index contributed by atoms with van der Waals surface area (Å²) < 4.78 is 13.4. The molecule has 0 saturated carbocycles. The highest BCUT2D eigenvalue weighted by molar-refractivity contribution is 5.93. The number of ether oxygens (including phenoxy) is 2. The minimum absolute atomic E-state index is 0.0793. The molecule has 2 aromatic carbocycles. The van der Waals surface area contributed by atoms with Crippen molar-refractivity contribution in [2.45, 2.75) is 25.9 Å². The van der Waals surface area contributed by atoms with Crippen molar-refractivity contribution < 1.29 is 14.3 Å². The molecule has 1 aromatic heterocycles. The maximum atomic E-state index is 12.8. The van der Waals surface area contributed by atoms with Gasteiger partial charge in [0.05, 0.1) is 25.0 Å². The Morgan fingerprint density at radius 2 is 1.82 bits per heavy atom. The number of likely N-dealkylation sites (tertiary alicyclic amines) is 1. The molecular formula is C25H27N5O3. The Morgan fingerprint density at radius 1 is 1.12 bits per heavy atom. The third-order valence-corrected chi connectivity index (χ3v) is 5.49. The average Bonchev–Trinajstić information content (AvgIpc) is 3.24. The normalized spacial score (nSPS) is 14.4. The molecule has 0 spiro atoms. The van der Waals surface area contributed by atoms with E-state index >= 15 is 0 Å². The van der Waals surface area contributed by atoms with Gasteiger partial charge in [0.2, 0.25) is 5.91 Å². The monoisotopic (exact) mass is 445 g/mol. The predicted molar refractivity (Wildman–Crippen MR) is 125 cm³/mol. The number of piperidine rings is 1. The van der Waals surface area contributed by atoms with E-state index in [-0.39, 0.29) is 18.6 Å². The molecule has 33 heavy (non-hydrogen) atoms. The Balaban J connectivity index is 1.33. The summed E-state index contributed by atoms with van der Waals surface area (Å²) in [5, 5.41) is 16.6. The number of para-hydroxylation sites is 3. The van der Waals surface area contributed by atoms with Crippen molar-refractivity contribution >= 4 is 11.7 Å². The molecule has 1 saturated heterocycles. The number of benzene rings is 2. The summed E-state index contributed by atoms with van der Waals surface area (Å²) >= 11 is 0. The molecule has 0 bridgehead atoms. The molecule has 1 fully saturated rings. The van der Waals surface area contributed by atoms with Crippen molar-refractivity contribution in [1.82, 2.24) is 14.7 Å². The lowest BCUT2D eigenvalue weighted by Gasteiger charge is -2.32. The Hall–Kier alpha value is -3.83. The van der Waals surface area contributed by atoms with Gasteiger partial charge in [-0.2, -0.15) is 10.4 Å². The van der Waals surface area contributed by atoms with E-state index in [4.69, 9.17) is 9.47 Å². The van der Waals surface area contributed by atoms with Crippen molar-refractivity contribution in [3.05, 3.63) is 66.4 Å². The number of rotatable bonds is 8. The zero-order valence-corrected chi connectivity index (χ0v) is 18.6. The highest BCUT2D eigenvalue weighted by atomic mass is 16.5. The lowest BCUT2D eigenvalue weighted by Crippen LogP contribution is -2.42. The molecule has 0 unspecified atom stereocenters. The minimum Gasteiger partial charge on any atom is -0.490 e. The maximum absolute atomic E-state index is 12.8. The second kappa shape index (κ2) is 10.7. The van der Waals surface area contributed by atoms with Crippen molar-refractivity contribution in [3.63, 3.8) is 0 Å². The van der Waals surface area contributed by atoms with Gasteiger partial charge in [-0.25, -0.2) is 4.68 Å². The molecule has 2 heterocycles. The fourth-order valence-electron chi connectivity index (χ4n) is 3.88. The van der Waals surface area contributed by atoms with E-state index in [1.54, 1.807) is 4.68 Å². The fraction of sp³-hybridized carbons (Fsp3) is 0.320. The number of nitriles is 1. The average molecular weight is 446 g/mol. The highest BCUT2D eigenvalue weighted by Crippen LogP contribution is 2.29. The summed E-state index contributed by atoms with van der Waals surface area (Å²) in [6.45, 7) is 4.28. The zero-order chi connectivity index (χ0) is 23.0. The van der Waals surface area contributed by atoms with E-state index in [0.29, 0.717) is 18.0 Å². The number of anilines is 1. The number of hydrogen-bond acceptors (Lipinski definition) is 6. The Bertz CT molecular complexity index is 1110. The topological polar surface area (TPSA) is 92.4 Å². The largest absolute Gasteiger partial charge is 0.490 e. The van der Waals surface area contributed by atoms with Crippen LogP contribution >= 0.6 is 0 Å². The molecule has 0 radical (unpaired) electrons. The first kappa shape index (κ1) is 22.4. The first-order valence-corrected chi connectivity index (χ1v) is 11.1. The molecule has 8 heteroatoms. The van der Waals surface area contributed by atoms with Crippen molar-refractivity contribution in [3.8, 4) is 23.3 Å². The Kier molecular flexibility index (Phi) is 7.22. The molecule has 0 aliphatic carbocycles. The van der Waals surface area contributed by atoms with Gasteiger partial charge in [-0.1, -0.05) is 30.3 Å². The van der Waals surface area contributed by atoms with Crippen LogP contribution < -0.4 is 14.8 Å². The molecule has 4 rings (SSSR count). The smallest absolute Gasteiger partial charge is 0.239 e. The third kappa shape index (κ3) is 5.51. The van der Waals surface area contributed by atoms with Crippen LogP contribution in [0.5, 0.6) is 11.5 Å². The van der Waals surface area contributed by atoms with Crippen molar-refractivity contribution in [1.29, 1.82) is 5.26 Å². The van der Waals surface area contributed by atoms with Crippen LogP contribution in [0.2, 0.25) is 0 Å². The minimum atomic E-state index is -0.176. The molecule has 1 N–H and O–H groups in total. The van der Waals surface area contributed by atoms with Gasteiger partial charge in [-0.15, -0.1) is 0 Å². The lowest BCUT2D eigenvalue weighted by molar-refractivity contribution is -0.117. The van der Waals surface area contributed by atoms with E-state index < -0.39 is 0 Å². The van der Waals surface area contributed by atoms with Gasteiger partial charge in [0.1, 0.15) is 17.7 Å². The van der Waals surface area contributed by atoms with Crippen LogP contribution in [0.25, 0.3) is 5.69 Å². The molecule has 170 valence electrons. The van der Waals surface area contributed by atoms with Crippen LogP contribution in [0.3, 0.4) is 0 Å². The second-order valence-electron chi connectivity index (χ2n) is 7.79. The van der Waals surface area contributed by atoms with Crippen LogP contribution in [-0.4, -0.2) is 52.9 Å². The Morgan fingerprint density at radius 3 is 2.52 bits per heavy atom. The number of nitrogens with one attached hydrogen (secondary N) is 1. The molecule has 1 amide bonds. The van der Waals surface area contributed by atoms with E-state index in [1.165, 1.54) is 6.20 Å². The summed E-state index contributed by atoms with van der Waals surface area (Å²) in [4.78, 5) is 14.9. The Labute approximate surface area is 193 Å². The van der Waals surface area contributed by atoms with E-state index in [0.717, 1.165) is 43.1 Å². The summed E-state index contributed by atoms with van der Waals surface area (Å²) in [6, 6.07) is 19.2. The fourth-order valence-corrected chi connectivity index (χ4v) is 3.88. The van der Waals surface area contributed by atoms with Crippen LogP contribution in [0.4, 0.5) is 5.82 Å². The van der Waals surface area contributed by atoms with Gasteiger partial charge in [-0.05, 0) is 44.0 Å². The number of nitrogens with zero attached hydrogens (tertiary/aromatic N) is 4. The van der Waals surface area contributed by atoms with E-state index in [2.05, 4.69) is 21.4 Å². The van der Waals surface area contributed by atoms with Crippen LogP contribution in [-0.2, 0) is 4.79 Å². The number of carbonyl (C=O) groups is 1. The number of hydrogen-bond donors (Lipinski definition) is 1. The van der Waals surface area contributed by atoms with Crippen molar-refractivity contribution in [2.24, 2.45) is 0 Å². The van der Waals surface area contributed by atoms with Gasteiger partial charge in [0.25, 0.3) is 0 Å². The quantitative estimate of drug-likeness (QED) is 0.569. The summed E-state index contributed by atoms with van der Waals surface area (Å²) in [5.74, 6) is 1.73. The van der Waals surface area contributed by atoms with E-state index in [9.17, 15) is 10.1 Å². The standard InChI is InChI=1S/C25H27N5O3/c1-2-32-22-10-6-7-11-23(22)33-21-12-14-29(15-13-21)18-24(31)28-25-19(16-26)17-27-30(25)20-8-4-3-5-9-20/h3-11,17,21H,2,12-15,18H2,1H3,(H,28,31). The molecule has 1 aliphatic rings. The zero-order valence-electron chi connectivity index (χ0n) is 18.6. The number of aromatic nitrogens is 2. The maximum Gasteiger partial charge on any atom is 0.239 e. The first-order chi connectivity index (χ1) is 16.2. The van der Waals surface area contributed by atoms with Gasteiger partial charge >= 0.3 is 0 Å². The van der Waals surface area contributed by atoms with Gasteiger partial charge in [0.15, 0.2) is 17.3 Å². The first-order valence-electron chi connectivity index (χ1n) is 11.1. The van der Waals surface area contributed by atoms with E-state index in [1.807, 2.05) is 61.5 Å². The van der Waals surface area contributed by atoms with Crippen molar-refractivity contribution in [2.75, 3.05) is 31.6 Å². The second-order valence-corrected chi connectivity index (χ2v) is 7.79. The van der Waals surface area contributed by atoms with Crippen LogP contribution in [0.15, 0.2) is 60.8 Å². The molecule has 1 aliphatic heterocycles. The molecule has 8 nitrogen and oxygen atoms in total.